The van der Waals surface area contributed by atoms with Gasteiger partial charge in [-0.15, -0.1) is 11.3 Å². The summed E-state index contributed by atoms with van der Waals surface area (Å²) in [7, 11) is 1.64. The van der Waals surface area contributed by atoms with Crippen LogP contribution in [0.4, 0.5) is 0 Å². The number of carbonyl (C=O) groups is 1. The Hall–Kier alpha value is -2.71. The second kappa shape index (κ2) is 10.9. The predicted octanol–water partition coefficient (Wildman–Crippen LogP) is 5.85. The summed E-state index contributed by atoms with van der Waals surface area (Å²) in [5.74, 6) is -1.76. The zero-order chi connectivity index (χ0) is 25.0. The summed E-state index contributed by atoms with van der Waals surface area (Å²) in [6.45, 7) is 7.64. The van der Waals surface area contributed by atoms with Gasteiger partial charge in [0.15, 0.2) is 0 Å². The largest absolute Gasteiger partial charge is 0.497 e. The van der Waals surface area contributed by atoms with Gasteiger partial charge in [-0.2, -0.15) is 0 Å². The van der Waals surface area contributed by atoms with Gasteiger partial charge in [-0.25, -0.2) is 0 Å². The maximum Gasteiger partial charge on any atom is 0.307 e. The molecule has 0 aliphatic carbocycles. The second-order valence-electron chi connectivity index (χ2n) is 8.99. The number of rotatable bonds is 10. The minimum atomic E-state index is -0.838. The highest BCUT2D eigenvalue weighted by Crippen LogP contribution is 2.42. The molecule has 0 amide bonds. The van der Waals surface area contributed by atoms with Crippen LogP contribution in [0.1, 0.15) is 51.8 Å². The Morgan fingerprint density at radius 1 is 1.09 bits per heavy atom. The third-order valence-electron chi connectivity index (χ3n) is 6.43. The molecule has 1 fully saturated rings. The summed E-state index contributed by atoms with van der Waals surface area (Å²) < 4.78 is 23.0. The lowest BCUT2D eigenvalue weighted by atomic mass is 9.83. The van der Waals surface area contributed by atoms with Crippen molar-refractivity contribution in [2.24, 2.45) is 5.92 Å². The number of aliphatic carboxylic acids is 1. The van der Waals surface area contributed by atoms with Crippen molar-refractivity contribution in [3.8, 4) is 5.75 Å². The van der Waals surface area contributed by atoms with Crippen LogP contribution >= 0.6 is 11.3 Å². The number of ether oxygens (including phenoxy) is 4. The van der Waals surface area contributed by atoms with Gasteiger partial charge in [-0.05, 0) is 54.8 Å². The topological polar surface area (TPSA) is 74.2 Å². The number of carboxylic acids is 1. The fourth-order valence-corrected chi connectivity index (χ4v) is 5.68. The summed E-state index contributed by atoms with van der Waals surface area (Å²) >= 11 is 1.55. The lowest BCUT2D eigenvalue weighted by molar-refractivity contribution is -0.147. The van der Waals surface area contributed by atoms with E-state index in [9.17, 15) is 9.90 Å². The van der Waals surface area contributed by atoms with E-state index < -0.39 is 17.7 Å². The van der Waals surface area contributed by atoms with Crippen LogP contribution in [0.25, 0.3) is 0 Å². The molecule has 1 aliphatic heterocycles. The Kier molecular flexibility index (Phi) is 7.91. The predicted molar refractivity (Wildman–Crippen MR) is 135 cm³/mol. The maximum atomic E-state index is 12.2. The van der Waals surface area contributed by atoms with E-state index in [2.05, 4.69) is 6.07 Å². The average molecular weight is 497 g/mol. The lowest BCUT2D eigenvalue weighted by Crippen LogP contribution is -2.21. The number of thiophene rings is 1. The third-order valence-corrected chi connectivity index (χ3v) is 7.78. The van der Waals surface area contributed by atoms with Crippen molar-refractivity contribution < 1.29 is 28.8 Å². The van der Waals surface area contributed by atoms with Gasteiger partial charge in [-0.1, -0.05) is 42.8 Å². The van der Waals surface area contributed by atoms with Crippen LogP contribution in [0, 0.1) is 12.8 Å². The highest BCUT2D eigenvalue weighted by atomic mass is 32.1. The van der Waals surface area contributed by atoms with Gasteiger partial charge < -0.3 is 24.1 Å². The minimum absolute atomic E-state index is 0.323. The van der Waals surface area contributed by atoms with Crippen LogP contribution in [0.2, 0.25) is 0 Å². The van der Waals surface area contributed by atoms with Crippen LogP contribution in [-0.4, -0.2) is 31.4 Å². The van der Waals surface area contributed by atoms with Gasteiger partial charge in [0.25, 0.3) is 0 Å². The molecule has 2 aromatic carbocycles. The van der Waals surface area contributed by atoms with Gasteiger partial charge >= 0.3 is 5.97 Å². The molecule has 7 heteroatoms. The van der Waals surface area contributed by atoms with Gasteiger partial charge in [0.1, 0.15) is 5.75 Å². The van der Waals surface area contributed by atoms with Crippen molar-refractivity contribution in [1.82, 2.24) is 0 Å². The Morgan fingerprint density at radius 3 is 2.46 bits per heavy atom. The molecule has 2 heterocycles. The van der Waals surface area contributed by atoms with Crippen LogP contribution in [0.5, 0.6) is 5.75 Å². The van der Waals surface area contributed by atoms with Crippen molar-refractivity contribution in [2.75, 3.05) is 20.3 Å². The van der Waals surface area contributed by atoms with Crippen molar-refractivity contribution in [3.05, 3.63) is 86.6 Å². The van der Waals surface area contributed by atoms with E-state index in [4.69, 9.17) is 18.9 Å². The second-order valence-corrected chi connectivity index (χ2v) is 10.1. The molecule has 0 saturated carbocycles. The summed E-state index contributed by atoms with van der Waals surface area (Å²) in [5, 5.41) is 9.97. The number of benzene rings is 2. The number of hydrogen-bond donors (Lipinski definition) is 1. The molecule has 0 spiro atoms. The van der Waals surface area contributed by atoms with Crippen LogP contribution in [0.3, 0.4) is 0 Å². The van der Waals surface area contributed by atoms with E-state index in [1.54, 1.807) is 25.4 Å². The fraction of sp³-hybridized carbons (Fsp3) is 0.393. The number of methoxy groups -OCH3 is 1. The smallest absolute Gasteiger partial charge is 0.307 e. The first kappa shape index (κ1) is 25.4. The van der Waals surface area contributed by atoms with E-state index in [-0.39, 0.29) is 5.92 Å². The molecule has 186 valence electrons. The van der Waals surface area contributed by atoms with Crippen LogP contribution in [-0.2, 0) is 38.0 Å². The first-order chi connectivity index (χ1) is 16.8. The zero-order valence-corrected chi connectivity index (χ0v) is 21.4. The molecule has 1 aliphatic rings. The molecular weight excluding hydrogens is 464 g/mol. The monoisotopic (exact) mass is 496 g/mol. The molecule has 1 N–H and O–H groups in total. The highest BCUT2D eigenvalue weighted by Gasteiger charge is 2.37. The molecule has 6 nitrogen and oxygen atoms in total. The molecule has 4 rings (SSSR count). The van der Waals surface area contributed by atoms with Crippen molar-refractivity contribution in [1.29, 1.82) is 0 Å². The standard InChI is InChI=1S/C28H32O6S/c1-18-5-10-23(21(15-18)17-32-16-20-6-8-22(31-4)9-7-20)26(19(2)27(29)30)24-11-12-25(35-24)28(3)33-13-14-34-28/h5-12,15,19,26H,13-14,16-17H2,1-4H3,(H,29,30). The number of carboxylic acid groups (broad SMARTS) is 1. The van der Waals surface area contributed by atoms with Crippen molar-refractivity contribution in [2.45, 2.75) is 45.7 Å². The quantitative estimate of drug-likeness (QED) is 0.379. The van der Waals surface area contributed by atoms with E-state index in [1.807, 2.05) is 62.4 Å². The SMILES string of the molecule is COc1ccc(COCc2cc(C)ccc2C(c2ccc(C3(C)OCCO3)s2)C(C)C(=O)O)cc1. The van der Waals surface area contributed by atoms with Gasteiger partial charge in [0.2, 0.25) is 5.79 Å². The minimum Gasteiger partial charge on any atom is -0.497 e. The maximum absolute atomic E-state index is 12.2. The van der Waals surface area contributed by atoms with Gasteiger partial charge in [0, 0.05) is 10.8 Å². The zero-order valence-electron chi connectivity index (χ0n) is 20.6. The number of aryl methyl sites for hydroxylation is 1. The first-order valence-electron chi connectivity index (χ1n) is 11.7. The normalized spacial score (nSPS) is 16.7. The molecule has 1 saturated heterocycles. The Balaban J connectivity index is 1.61. The molecule has 0 radical (unpaired) electrons. The average Bonchev–Trinajstić information content (AvgIpc) is 3.51. The van der Waals surface area contributed by atoms with E-state index in [0.717, 1.165) is 37.8 Å². The molecular formula is C28H32O6S. The van der Waals surface area contributed by atoms with Gasteiger partial charge in [0.05, 0.1) is 44.3 Å². The molecule has 2 unspecified atom stereocenters. The molecule has 2 atom stereocenters. The summed E-state index contributed by atoms with van der Waals surface area (Å²) in [5.41, 5.74) is 4.10. The lowest BCUT2D eigenvalue weighted by Gasteiger charge is -2.24. The Morgan fingerprint density at radius 2 is 1.80 bits per heavy atom. The molecule has 0 bridgehead atoms. The van der Waals surface area contributed by atoms with Gasteiger partial charge in [-0.3, -0.25) is 4.79 Å². The molecule has 3 aromatic rings. The number of hydrogen-bond acceptors (Lipinski definition) is 6. The Labute approximate surface area is 210 Å². The first-order valence-corrected chi connectivity index (χ1v) is 12.5. The Bertz CT molecular complexity index is 1150. The summed E-state index contributed by atoms with van der Waals surface area (Å²) in [6.07, 6.45) is 0. The molecule has 35 heavy (non-hydrogen) atoms. The van der Waals surface area contributed by atoms with Crippen LogP contribution < -0.4 is 4.74 Å². The van der Waals surface area contributed by atoms with E-state index >= 15 is 0 Å². The molecule has 1 aromatic heterocycles. The summed E-state index contributed by atoms with van der Waals surface area (Å²) in [4.78, 5) is 14.1. The van der Waals surface area contributed by atoms with E-state index in [1.165, 1.54) is 0 Å². The van der Waals surface area contributed by atoms with Crippen LogP contribution in [0.15, 0.2) is 54.6 Å². The fourth-order valence-electron chi connectivity index (χ4n) is 4.40. The third kappa shape index (κ3) is 5.76. The summed E-state index contributed by atoms with van der Waals surface area (Å²) in [6, 6.07) is 17.9. The van der Waals surface area contributed by atoms with Crippen molar-refractivity contribution in [3.63, 3.8) is 0 Å². The van der Waals surface area contributed by atoms with Crippen molar-refractivity contribution >= 4 is 17.3 Å². The highest BCUT2D eigenvalue weighted by molar-refractivity contribution is 7.12. The van der Waals surface area contributed by atoms with E-state index in [0.29, 0.717) is 26.4 Å².